The molecule has 1 atom stereocenters. The Bertz CT molecular complexity index is 516. The van der Waals surface area contributed by atoms with Crippen LogP contribution in [0.3, 0.4) is 0 Å². The Morgan fingerprint density at radius 1 is 1.30 bits per heavy atom. The topological polar surface area (TPSA) is 38.8 Å². The van der Waals surface area contributed by atoms with Gasteiger partial charge in [-0.2, -0.15) is 0 Å². The summed E-state index contributed by atoms with van der Waals surface area (Å²) >= 11 is 1.80. The van der Waals surface area contributed by atoms with E-state index in [9.17, 15) is 4.79 Å². The molecule has 1 aromatic rings. The van der Waals surface area contributed by atoms with Crippen molar-refractivity contribution >= 4 is 17.7 Å². The summed E-state index contributed by atoms with van der Waals surface area (Å²) < 4.78 is 10.9. The number of rotatable bonds is 4. The predicted octanol–water partition coefficient (Wildman–Crippen LogP) is 2.69. The highest BCUT2D eigenvalue weighted by atomic mass is 32.2. The smallest absolute Gasteiger partial charge is 0.226 e. The van der Waals surface area contributed by atoms with Crippen LogP contribution < -0.4 is 9.47 Å². The Balaban J connectivity index is 1.92. The van der Waals surface area contributed by atoms with E-state index in [0.29, 0.717) is 5.91 Å². The number of hydrogen-bond acceptors (Lipinski definition) is 4. The molecule has 0 aromatic heterocycles. The third-order valence-corrected chi connectivity index (χ3v) is 5.04. The van der Waals surface area contributed by atoms with Gasteiger partial charge in [0.05, 0.1) is 14.2 Å². The number of benzene rings is 1. The molecule has 2 fully saturated rings. The Morgan fingerprint density at radius 3 is 2.75 bits per heavy atom. The van der Waals surface area contributed by atoms with Gasteiger partial charge in [-0.25, -0.2) is 0 Å². The Labute approximate surface area is 123 Å². The first-order valence-electron chi connectivity index (χ1n) is 6.89. The number of thioether (sulfide) groups is 1. The fraction of sp³-hybridized carbons (Fsp3) is 0.533. The van der Waals surface area contributed by atoms with E-state index in [1.165, 1.54) is 0 Å². The molecule has 4 nitrogen and oxygen atoms in total. The lowest BCUT2D eigenvalue weighted by Gasteiger charge is -2.26. The molecular weight excluding hydrogens is 274 g/mol. The summed E-state index contributed by atoms with van der Waals surface area (Å²) in [6, 6.07) is 5.86. The lowest BCUT2D eigenvalue weighted by molar-refractivity contribution is -0.132. The number of amides is 1. The summed E-state index contributed by atoms with van der Waals surface area (Å²) in [5, 5.41) is 0.0492. The highest BCUT2D eigenvalue weighted by Crippen LogP contribution is 2.47. The fourth-order valence-electron chi connectivity index (χ4n) is 2.62. The van der Waals surface area contributed by atoms with E-state index in [2.05, 4.69) is 0 Å². The zero-order valence-electron chi connectivity index (χ0n) is 11.8. The van der Waals surface area contributed by atoms with Crippen LogP contribution in [0.25, 0.3) is 0 Å². The van der Waals surface area contributed by atoms with E-state index < -0.39 is 0 Å². The van der Waals surface area contributed by atoms with Gasteiger partial charge in [0.25, 0.3) is 0 Å². The third-order valence-electron chi connectivity index (χ3n) is 3.80. The van der Waals surface area contributed by atoms with Gasteiger partial charge < -0.3 is 14.4 Å². The van der Waals surface area contributed by atoms with E-state index in [0.717, 1.165) is 42.2 Å². The van der Waals surface area contributed by atoms with Gasteiger partial charge in [0, 0.05) is 23.8 Å². The monoisotopic (exact) mass is 293 g/mol. The van der Waals surface area contributed by atoms with Crippen LogP contribution in [0.5, 0.6) is 11.5 Å². The average molecular weight is 293 g/mol. The number of hydrogen-bond donors (Lipinski definition) is 0. The lowest BCUT2D eigenvalue weighted by atomic mass is 10.1. The van der Waals surface area contributed by atoms with Crippen LogP contribution in [0.2, 0.25) is 0 Å². The van der Waals surface area contributed by atoms with Crippen LogP contribution >= 0.6 is 11.8 Å². The van der Waals surface area contributed by atoms with Crippen molar-refractivity contribution in [2.24, 2.45) is 5.92 Å². The van der Waals surface area contributed by atoms with Gasteiger partial charge >= 0.3 is 0 Å². The Kier molecular flexibility index (Phi) is 3.78. The second-order valence-electron chi connectivity index (χ2n) is 5.11. The molecule has 1 aliphatic carbocycles. The molecule has 0 N–H and O–H groups in total. The number of carbonyl (C=O) groups excluding carboxylic acids is 1. The van der Waals surface area contributed by atoms with Crippen LogP contribution in [-0.4, -0.2) is 37.3 Å². The molecule has 1 aliphatic heterocycles. The van der Waals surface area contributed by atoms with Gasteiger partial charge in [-0.3, -0.25) is 4.79 Å². The van der Waals surface area contributed by atoms with E-state index in [1.807, 2.05) is 23.1 Å². The zero-order valence-corrected chi connectivity index (χ0v) is 12.6. The van der Waals surface area contributed by atoms with Crippen molar-refractivity contribution in [3.63, 3.8) is 0 Å². The van der Waals surface area contributed by atoms with Crippen molar-refractivity contribution in [3.8, 4) is 11.5 Å². The lowest BCUT2D eigenvalue weighted by Crippen LogP contribution is -2.31. The summed E-state index contributed by atoms with van der Waals surface area (Å²) in [5.74, 6) is 2.99. The van der Waals surface area contributed by atoms with Gasteiger partial charge in [0.15, 0.2) is 11.5 Å². The van der Waals surface area contributed by atoms with Crippen LogP contribution in [-0.2, 0) is 4.79 Å². The van der Waals surface area contributed by atoms with E-state index in [1.54, 1.807) is 26.0 Å². The van der Waals surface area contributed by atoms with E-state index in [4.69, 9.17) is 9.47 Å². The van der Waals surface area contributed by atoms with E-state index >= 15 is 0 Å². The molecule has 20 heavy (non-hydrogen) atoms. The summed E-state index contributed by atoms with van der Waals surface area (Å²) in [7, 11) is 3.28. The molecule has 0 bridgehead atoms. The molecule has 3 rings (SSSR count). The molecule has 1 amide bonds. The number of nitrogens with zero attached hydrogens (tertiary/aromatic N) is 1. The summed E-state index contributed by atoms with van der Waals surface area (Å²) in [6.45, 7) is 0.824. The quantitative estimate of drug-likeness (QED) is 0.855. The molecular formula is C15H19NO3S. The van der Waals surface area contributed by atoms with Crippen LogP contribution in [0, 0.1) is 5.92 Å². The van der Waals surface area contributed by atoms with Crippen molar-refractivity contribution in [3.05, 3.63) is 23.8 Å². The molecule has 5 heteroatoms. The zero-order chi connectivity index (χ0) is 14.1. The van der Waals surface area contributed by atoms with Crippen molar-refractivity contribution in [1.29, 1.82) is 0 Å². The molecule has 108 valence electrons. The molecule has 0 radical (unpaired) electrons. The number of carbonyl (C=O) groups is 1. The van der Waals surface area contributed by atoms with Gasteiger partial charge in [0.1, 0.15) is 5.37 Å². The standard InChI is InChI=1S/C15H19NO3S/c1-18-12-5-3-4-11(13(12)19-2)15-16(8-9-20-15)14(17)10-6-7-10/h3-5,10,15H,6-9H2,1-2H3/t15-/m1/s1. The van der Waals surface area contributed by atoms with Crippen molar-refractivity contribution in [1.82, 2.24) is 4.90 Å². The van der Waals surface area contributed by atoms with Crippen molar-refractivity contribution in [2.75, 3.05) is 26.5 Å². The first-order valence-corrected chi connectivity index (χ1v) is 7.94. The van der Waals surface area contributed by atoms with Crippen LogP contribution in [0.15, 0.2) is 18.2 Å². The van der Waals surface area contributed by atoms with Crippen LogP contribution in [0.4, 0.5) is 0 Å². The minimum Gasteiger partial charge on any atom is -0.493 e. The average Bonchev–Trinajstić information content (AvgIpc) is 3.22. The number of ether oxygens (including phenoxy) is 2. The maximum absolute atomic E-state index is 12.4. The molecule has 1 saturated carbocycles. The highest BCUT2D eigenvalue weighted by Gasteiger charge is 2.40. The summed E-state index contributed by atoms with van der Waals surface area (Å²) in [5.41, 5.74) is 1.03. The molecule has 2 aliphatic rings. The highest BCUT2D eigenvalue weighted by molar-refractivity contribution is 7.99. The Morgan fingerprint density at radius 2 is 2.10 bits per heavy atom. The molecule has 1 saturated heterocycles. The third kappa shape index (κ3) is 2.35. The SMILES string of the molecule is COc1cccc([C@H]2SCCN2C(=O)C2CC2)c1OC. The minimum atomic E-state index is 0.0492. The molecule has 1 aromatic carbocycles. The minimum absolute atomic E-state index is 0.0492. The van der Waals surface area contributed by atoms with Crippen molar-refractivity contribution in [2.45, 2.75) is 18.2 Å². The predicted molar refractivity (Wildman–Crippen MR) is 79.2 cm³/mol. The second kappa shape index (κ2) is 5.56. The van der Waals surface area contributed by atoms with Gasteiger partial charge in [0.2, 0.25) is 5.91 Å². The van der Waals surface area contributed by atoms with Gasteiger partial charge in [-0.1, -0.05) is 12.1 Å². The molecule has 1 heterocycles. The number of para-hydroxylation sites is 1. The largest absolute Gasteiger partial charge is 0.493 e. The normalized spacial score (nSPS) is 21.9. The maximum Gasteiger partial charge on any atom is 0.226 e. The summed E-state index contributed by atoms with van der Waals surface area (Å²) in [6.07, 6.45) is 2.09. The fourth-order valence-corrected chi connectivity index (χ4v) is 3.90. The van der Waals surface area contributed by atoms with E-state index in [-0.39, 0.29) is 11.3 Å². The summed E-state index contributed by atoms with van der Waals surface area (Å²) in [4.78, 5) is 14.4. The Hall–Kier alpha value is -1.36. The first kappa shape index (κ1) is 13.6. The van der Waals surface area contributed by atoms with Gasteiger partial charge in [-0.15, -0.1) is 11.8 Å². The maximum atomic E-state index is 12.4. The molecule has 0 unspecified atom stereocenters. The van der Waals surface area contributed by atoms with Gasteiger partial charge in [-0.05, 0) is 18.9 Å². The number of methoxy groups -OCH3 is 2. The van der Waals surface area contributed by atoms with Crippen LogP contribution in [0.1, 0.15) is 23.8 Å². The first-order chi connectivity index (χ1) is 9.76. The second-order valence-corrected chi connectivity index (χ2v) is 6.30. The van der Waals surface area contributed by atoms with Crippen molar-refractivity contribution < 1.29 is 14.3 Å². The molecule has 0 spiro atoms.